The first-order chi connectivity index (χ1) is 6.57. The van der Waals surface area contributed by atoms with Gasteiger partial charge in [0.05, 0.1) is 6.61 Å². The molecule has 14 heavy (non-hydrogen) atoms. The van der Waals surface area contributed by atoms with Gasteiger partial charge in [-0.1, -0.05) is 13.3 Å². The van der Waals surface area contributed by atoms with Gasteiger partial charge in [-0.15, -0.1) is 0 Å². The second-order valence-electron chi connectivity index (χ2n) is 3.06. The fourth-order valence-electron chi connectivity index (χ4n) is 0.799. The number of hydrogen-bond acceptors (Lipinski definition) is 4. The Bertz CT molecular complexity index is 193. The zero-order chi connectivity index (χ0) is 11.0. The molecule has 0 aromatic rings. The quantitative estimate of drug-likeness (QED) is 0.465. The maximum absolute atomic E-state index is 11.0. The van der Waals surface area contributed by atoms with E-state index in [-0.39, 0.29) is 18.8 Å². The number of carbonyl (C=O) groups excluding carboxylic acids is 1. The number of carboxylic acids is 1. The molecule has 5 nitrogen and oxygen atoms in total. The summed E-state index contributed by atoms with van der Waals surface area (Å²) >= 11 is 0. The minimum absolute atomic E-state index is 0.0666. The van der Waals surface area contributed by atoms with Crippen molar-refractivity contribution < 1.29 is 19.4 Å². The molecule has 3 N–H and O–H groups in total. The van der Waals surface area contributed by atoms with Crippen LogP contribution in [0, 0.1) is 0 Å². The van der Waals surface area contributed by atoms with Crippen LogP contribution < -0.4 is 5.73 Å². The van der Waals surface area contributed by atoms with Crippen molar-refractivity contribution in [2.45, 2.75) is 38.6 Å². The molecule has 5 heteroatoms. The molecule has 0 heterocycles. The predicted molar refractivity (Wildman–Crippen MR) is 50.7 cm³/mol. The molecule has 0 saturated heterocycles. The van der Waals surface area contributed by atoms with Crippen LogP contribution in [-0.4, -0.2) is 29.7 Å². The average Bonchev–Trinajstić information content (AvgIpc) is 2.14. The van der Waals surface area contributed by atoms with Crippen molar-refractivity contribution in [3.8, 4) is 0 Å². The molecule has 0 bridgehead atoms. The highest BCUT2D eigenvalue weighted by Gasteiger charge is 2.13. The van der Waals surface area contributed by atoms with E-state index in [1.165, 1.54) is 0 Å². The molecule has 0 fully saturated rings. The summed E-state index contributed by atoms with van der Waals surface area (Å²) in [6.45, 7) is 2.39. The molecule has 0 radical (unpaired) electrons. The molecule has 1 atom stereocenters. The van der Waals surface area contributed by atoms with Crippen LogP contribution in [0.1, 0.15) is 32.6 Å². The van der Waals surface area contributed by atoms with E-state index in [0.717, 1.165) is 12.8 Å². The highest BCUT2D eigenvalue weighted by molar-refractivity contribution is 5.75. The molecule has 0 saturated carbocycles. The Hall–Kier alpha value is -1.10. The van der Waals surface area contributed by atoms with Crippen LogP contribution in [0.3, 0.4) is 0 Å². The first-order valence-corrected chi connectivity index (χ1v) is 4.72. The molecule has 0 aromatic heterocycles. The second-order valence-corrected chi connectivity index (χ2v) is 3.06. The first kappa shape index (κ1) is 12.9. The Morgan fingerprint density at radius 3 is 2.64 bits per heavy atom. The minimum Gasteiger partial charge on any atom is -0.480 e. The first-order valence-electron chi connectivity index (χ1n) is 4.72. The van der Waals surface area contributed by atoms with Crippen molar-refractivity contribution in [3.63, 3.8) is 0 Å². The monoisotopic (exact) mass is 203 g/mol. The summed E-state index contributed by atoms with van der Waals surface area (Å²) in [5.74, 6) is -1.47. The molecule has 0 amide bonds. The Kier molecular flexibility index (Phi) is 6.74. The molecular formula is C9H17NO4. The van der Waals surface area contributed by atoms with Gasteiger partial charge in [-0.05, 0) is 12.8 Å². The van der Waals surface area contributed by atoms with Crippen molar-refractivity contribution >= 4 is 11.9 Å². The van der Waals surface area contributed by atoms with Crippen molar-refractivity contribution in [3.05, 3.63) is 0 Å². The van der Waals surface area contributed by atoms with Crippen molar-refractivity contribution in [2.24, 2.45) is 5.73 Å². The topological polar surface area (TPSA) is 89.6 Å². The van der Waals surface area contributed by atoms with Crippen LogP contribution in [-0.2, 0) is 14.3 Å². The van der Waals surface area contributed by atoms with Gasteiger partial charge in [0, 0.05) is 6.42 Å². The van der Waals surface area contributed by atoms with E-state index in [0.29, 0.717) is 6.61 Å². The van der Waals surface area contributed by atoms with Crippen molar-refractivity contribution in [1.82, 2.24) is 0 Å². The summed E-state index contributed by atoms with van der Waals surface area (Å²) in [5, 5.41) is 8.43. The third-order valence-electron chi connectivity index (χ3n) is 1.74. The van der Waals surface area contributed by atoms with E-state index in [1.807, 2.05) is 6.92 Å². The number of esters is 1. The van der Waals surface area contributed by atoms with E-state index in [2.05, 4.69) is 0 Å². The number of aliphatic carboxylic acids is 1. The number of nitrogens with two attached hydrogens (primary N) is 1. The summed E-state index contributed by atoms with van der Waals surface area (Å²) < 4.78 is 4.83. The fourth-order valence-corrected chi connectivity index (χ4v) is 0.799. The zero-order valence-corrected chi connectivity index (χ0v) is 8.36. The predicted octanol–water partition coefficient (Wildman–Crippen LogP) is 0.522. The number of unbranched alkanes of at least 4 members (excludes halogenated alkanes) is 1. The van der Waals surface area contributed by atoms with Gasteiger partial charge in [-0.3, -0.25) is 9.59 Å². The molecule has 1 unspecified atom stereocenters. The van der Waals surface area contributed by atoms with Crippen LogP contribution in [0.2, 0.25) is 0 Å². The van der Waals surface area contributed by atoms with Gasteiger partial charge in [0.2, 0.25) is 0 Å². The summed E-state index contributed by atoms with van der Waals surface area (Å²) in [6, 6.07) is -0.978. The summed E-state index contributed by atoms with van der Waals surface area (Å²) in [7, 11) is 0. The lowest BCUT2D eigenvalue weighted by Gasteiger charge is -2.06. The Balaban J connectivity index is 3.48. The molecule has 0 aliphatic carbocycles. The van der Waals surface area contributed by atoms with E-state index >= 15 is 0 Å². The SMILES string of the molecule is CCCCOC(=O)CCC(N)C(=O)O. The number of hydrogen-bond donors (Lipinski definition) is 2. The van der Waals surface area contributed by atoms with Crippen LogP contribution in [0.4, 0.5) is 0 Å². The third kappa shape index (κ3) is 6.42. The molecule has 0 aromatic carbocycles. The highest BCUT2D eigenvalue weighted by Crippen LogP contribution is 1.98. The van der Waals surface area contributed by atoms with Crippen LogP contribution in [0.15, 0.2) is 0 Å². The van der Waals surface area contributed by atoms with Crippen molar-refractivity contribution in [2.75, 3.05) is 6.61 Å². The number of rotatable bonds is 7. The number of carboxylic acid groups (broad SMARTS) is 1. The average molecular weight is 203 g/mol. The van der Waals surface area contributed by atoms with Gasteiger partial charge in [0.1, 0.15) is 6.04 Å². The molecule has 82 valence electrons. The maximum atomic E-state index is 11.0. The summed E-state index contributed by atoms with van der Waals surface area (Å²) in [5.41, 5.74) is 5.21. The molecule has 0 rings (SSSR count). The van der Waals surface area contributed by atoms with Gasteiger partial charge in [-0.2, -0.15) is 0 Å². The van der Waals surface area contributed by atoms with Gasteiger partial charge < -0.3 is 15.6 Å². The lowest BCUT2D eigenvalue weighted by atomic mass is 10.2. The summed E-state index contributed by atoms with van der Waals surface area (Å²) in [6.07, 6.45) is 1.98. The zero-order valence-electron chi connectivity index (χ0n) is 8.36. The second kappa shape index (κ2) is 7.32. The number of carbonyl (C=O) groups is 2. The molecule has 0 aliphatic heterocycles. The molecule has 0 aliphatic rings. The smallest absolute Gasteiger partial charge is 0.320 e. The summed E-state index contributed by atoms with van der Waals surface area (Å²) in [4.78, 5) is 21.3. The molecule has 0 spiro atoms. The Morgan fingerprint density at radius 1 is 1.50 bits per heavy atom. The lowest BCUT2D eigenvalue weighted by molar-refractivity contribution is -0.144. The minimum atomic E-state index is -1.09. The van der Waals surface area contributed by atoms with E-state index in [9.17, 15) is 9.59 Å². The van der Waals surface area contributed by atoms with Gasteiger partial charge in [-0.25, -0.2) is 0 Å². The fraction of sp³-hybridized carbons (Fsp3) is 0.778. The van der Waals surface area contributed by atoms with Crippen LogP contribution in [0.5, 0.6) is 0 Å². The highest BCUT2D eigenvalue weighted by atomic mass is 16.5. The van der Waals surface area contributed by atoms with Crippen molar-refractivity contribution in [1.29, 1.82) is 0 Å². The molecular weight excluding hydrogens is 186 g/mol. The number of ether oxygens (including phenoxy) is 1. The van der Waals surface area contributed by atoms with E-state index in [4.69, 9.17) is 15.6 Å². The van der Waals surface area contributed by atoms with Crippen LogP contribution in [0.25, 0.3) is 0 Å². The van der Waals surface area contributed by atoms with E-state index < -0.39 is 12.0 Å². The van der Waals surface area contributed by atoms with Crippen LogP contribution >= 0.6 is 0 Å². The van der Waals surface area contributed by atoms with Gasteiger partial charge in [0.25, 0.3) is 0 Å². The standard InChI is InChI=1S/C9H17NO4/c1-2-3-6-14-8(11)5-4-7(10)9(12)13/h7H,2-6,10H2,1H3,(H,12,13). The van der Waals surface area contributed by atoms with Gasteiger partial charge in [0.15, 0.2) is 0 Å². The third-order valence-corrected chi connectivity index (χ3v) is 1.74. The lowest BCUT2D eigenvalue weighted by Crippen LogP contribution is -2.30. The largest absolute Gasteiger partial charge is 0.480 e. The maximum Gasteiger partial charge on any atom is 0.320 e. The Labute approximate surface area is 83.2 Å². The van der Waals surface area contributed by atoms with E-state index in [1.54, 1.807) is 0 Å². The normalized spacial score (nSPS) is 12.1. The van der Waals surface area contributed by atoms with Gasteiger partial charge >= 0.3 is 11.9 Å². The Morgan fingerprint density at radius 2 is 2.14 bits per heavy atom.